The first-order valence-electron chi connectivity index (χ1n) is 13.5. The van der Waals surface area contributed by atoms with Crippen LogP contribution in [0.5, 0.6) is 0 Å². The van der Waals surface area contributed by atoms with Crippen LogP contribution >= 0.6 is 27.5 Å². The average molecular weight is 663 g/mol. The second kappa shape index (κ2) is 15.4. The van der Waals surface area contributed by atoms with Gasteiger partial charge in [0.2, 0.25) is 21.8 Å². The Morgan fingerprint density at radius 2 is 1.56 bits per heavy atom. The van der Waals surface area contributed by atoms with Crippen molar-refractivity contribution in [1.29, 1.82) is 0 Å². The van der Waals surface area contributed by atoms with E-state index in [0.29, 0.717) is 23.7 Å². The molecule has 2 amide bonds. The summed E-state index contributed by atoms with van der Waals surface area (Å²) in [7, 11) is -3.59. The average Bonchev–Trinajstić information content (AvgIpc) is 2.93. The number of halogens is 2. The summed E-state index contributed by atoms with van der Waals surface area (Å²) in [6.45, 7) is 4.89. The van der Waals surface area contributed by atoms with Crippen LogP contribution < -0.4 is 9.62 Å². The number of sulfonamides is 1. The van der Waals surface area contributed by atoms with E-state index in [1.807, 2.05) is 68.4 Å². The van der Waals surface area contributed by atoms with Gasteiger partial charge in [-0.1, -0.05) is 83.8 Å². The van der Waals surface area contributed by atoms with Gasteiger partial charge in [0.1, 0.15) is 6.04 Å². The summed E-state index contributed by atoms with van der Waals surface area (Å²) >= 11 is 9.44. The molecule has 3 rings (SSSR count). The van der Waals surface area contributed by atoms with Crippen LogP contribution in [0.25, 0.3) is 0 Å². The molecule has 0 fully saturated rings. The minimum Gasteiger partial charge on any atom is -0.354 e. The Morgan fingerprint density at radius 1 is 0.927 bits per heavy atom. The molecule has 0 aromatic heterocycles. The summed E-state index contributed by atoms with van der Waals surface area (Å²) in [4.78, 5) is 29.0. The Kier molecular flexibility index (Phi) is 12.2. The summed E-state index contributed by atoms with van der Waals surface area (Å²) in [5.74, 6) is -0.188. The molecule has 3 aromatic carbocycles. The second-order valence-electron chi connectivity index (χ2n) is 10.4. The molecule has 0 heterocycles. The lowest BCUT2D eigenvalue weighted by atomic mass is 10.0. The predicted octanol–water partition coefficient (Wildman–Crippen LogP) is 6.06. The lowest BCUT2D eigenvalue weighted by Crippen LogP contribution is -2.51. The van der Waals surface area contributed by atoms with Crippen molar-refractivity contribution >= 4 is 55.1 Å². The minimum atomic E-state index is -3.59. The van der Waals surface area contributed by atoms with E-state index in [1.54, 1.807) is 29.2 Å². The summed E-state index contributed by atoms with van der Waals surface area (Å²) in [5, 5.41) is 3.52. The van der Waals surface area contributed by atoms with Crippen LogP contribution in [0.1, 0.15) is 37.8 Å². The van der Waals surface area contributed by atoms with Gasteiger partial charge in [0.05, 0.1) is 11.9 Å². The van der Waals surface area contributed by atoms with E-state index in [4.69, 9.17) is 11.6 Å². The number of carbonyl (C=O) groups is 2. The van der Waals surface area contributed by atoms with Gasteiger partial charge in [-0.3, -0.25) is 13.9 Å². The molecule has 0 bridgehead atoms. The molecule has 0 spiro atoms. The quantitative estimate of drug-likeness (QED) is 0.227. The Balaban J connectivity index is 1.87. The fourth-order valence-electron chi connectivity index (χ4n) is 4.37. The molecule has 3 aromatic rings. The number of hydrogen-bond acceptors (Lipinski definition) is 4. The van der Waals surface area contributed by atoms with E-state index in [0.717, 1.165) is 21.9 Å². The highest BCUT2D eigenvalue weighted by atomic mass is 79.9. The highest BCUT2D eigenvalue weighted by Crippen LogP contribution is 2.22. The third kappa shape index (κ3) is 10.5. The summed E-state index contributed by atoms with van der Waals surface area (Å²) in [6.07, 6.45) is 1.83. The molecule has 10 heteroatoms. The molecule has 0 unspecified atom stereocenters. The molecule has 0 saturated heterocycles. The van der Waals surface area contributed by atoms with Crippen molar-refractivity contribution in [3.63, 3.8) is 0 Å². The number of amides is 2. The Bertz CT molecular complexity index is 1390. The predicted molar refractivity (Wildman–Crippen MR) is 169 cm³/mol. The molecule has 220 valence electrons. The fraction of sp³-hybridized carbons (Fsp3) is 0.355. The third-order valence-corrected chi connectivity index (χ3v) is 8.46. The van der Waals surface area contributed by atoms with Gasteiger partial charge in [-0.25, -0.2) is 8.42 Å². The van der Waals surface area contributed by atoms with Crippen LogP contribution in [0.2, 0.25) is 5.02 Å². The van der Waals surface area contributed by atoms with Crippen molar-refractivity contribution < 1.29 is 18.0 Å². The maximum atomic E-state index is 13.9. The molecule has 1 atom stereocenters. The van der Waals surface area contributed by atoms with Gasteiger partial charge < -0.3 is 10.2 Å². The molecule has 1 N–H and O–H groups in total. The zero-order valence-electron chi connectivity index (χ0n) is 23.6. The number of rotatable bonds is 14. The second-order valence-corrected chi connectivity index (χ2v) is 13.7. The molecule has 41 heavy (non-hydrogen) atoms. The molecule has 0 aliphatic carbocycles. The van der Waals surface area contributed by atoms with Crippen LogP contribution in [0, 0.1) is 5.92 Å². The molecular formula is C31H37BrClN3O4S. The first-order valence-corrected chi connectivity index (χ1v) is 16.5. The number of benzene rings is 3. The topological polar surface area (TPSA) is 86.8 Å². The summed E-state index contributed by atoms with van der Waals surface area (Å²) in [5.41, 5.74) is 2.30. The number of anilines is 1. The highest BCUT2D eigenvalue weighted by Gasteiger charge is 2.30. The number of nitrogens with one attached hydrogen (secondary N) is 1. The zero-order valence-corrected chi connectivity index (χ0v) is 26.8. The Morgan fingerprint density at radius 3 is 2.15 bits per heavy atom. The maximum absolute atomic E-state index is 13.9. The van der Waals surface area contributed by atoms with Crippen molar-refractivity contribution in [2.24, 2.45) is 5.92 Å². The summed E-state index contributed by atoms with van der Waals surface area (Å²) in [6, 6.07) is 23.1. The molecule has 0 aliphatic rings. The molecular weight excluding hydrogens is 626 g/mol. The normalized spacial score (nSPS) is 12.1. The van der Waals surface area contributed by atoms with Crippen LogP contribution in [-0.4, -0.2) is 50.5 Å². The number of carbonyl (C=O) groups excluding carboxylic acids is 2. The van der Waals surface area contributed by atoms with Crippen LogP contribution in [0.4, 0.5) is 5.69 Å². The lowest BCUT2D eigenvalue weighted by Gasteiger charge is -2.32. The standard InChI is InChI=1S/C31H37BrClN3O4S/c1-23(2)21-34-31(38)29(20-24-8-5-4-6-9-24)35(22-25-11-13-26(32)14-12-25)30(37)10-7-19-36(41(3,39)40)28-17-15-27(33)16-18-28/h4-6,8-9,11-18,23,29H,7,10,19-22H2,1-3H3,(H,34,38)/t29-/m1/s1. The van der Waals surface area contributed by atoms with Gasteiger partial charge in [0, 0.05) is 42.0 Å². The van der Waals surface area contributed by atoms with Gasteiger partial charge in [-0.15, -0.1) is 0 Å². The summed E-state index contributed by atoms with van der Waals surface area (Å²) < 4.78 is 27.3. The van der Waals surface area contributed by atoms with Crippen molar-refractivity contribution in [1.82, 2.24) is 10.2 Å². The van der Waals surface area contributed by atoms with Crippen LogP contribution in [0.15, 0.2) is 83.3 Å². The van der Waals surface area contributed by atoms with E-state index in [-0.39, 0.29) is 43.7 Å². The zero-order chi connectivity index (χ0) is 30.0. The monoisotopic (exact) mass is 661 g/mol. The van der Waals surface area contributed by atoms with Gasteiger partial charge in [0.15, 0.2) is 0 Å². The van der Waals surface area contributed by atoms with Crippen molar-refractivity contribution in [2.45, 2.75) is 45.7 Å². The Labute approximate surface area is 257 Å². The van der Waals surface area contributed by atoms with E-state index in [1.165, 1.54) is 4.31 Å². The van der Waals surface area contributed by atoms with E-state index < -0.39 is 16.1 Å². The number of hydrogen-bond donors (Lipinski definition) is 1. The van der Waals surface area contributed by atoms with Gasteiger partial charge in [-0.05, 0) is 59.9 Å². The maximum Gasteiger partial charge on any atom is 0.243 e. The van der Waals surface area contributed by atoms with Crippen LogP contribution in [0.3, 0.4) is 0 Å². The van der Waals surface area contributed by atoms with Gasteiger partial charge in [-0.2, -0.15) is 0 Å². The Hall–Kier alpha value is -2.88. The fourth-order valence-corrected chi connectivity index (χ4v) is 5.73. The van der Waals surface area contributed by atoms with Crippen molar-refractivity contribution in [3.05, 3.63) is 99.5 Å². The first-order chi connectivity index (χ1) is 19.4. The third-order valence-electron chi connectivity index (χ3n) is 6.49. The first kappa shape index (κ1) is 32.6. The molecule has 7 nitrogen and oxygen atoms in total. The van der Waals surface area contributed by atoms with Gasteiger partial charge in [0.25, 0.3) is 0 Å². The largest absolute Gasteiger partial charge is 0.354 e. The SMILES string of the molecule is CC(C)CNC(=O)[C@@H](Cc1ccccc1)N(Cc1ccc(Br)cc1)C(=O)CCCN(c1ccc(Cl)cc1)S(C)(=O)=O. The van der Waals surface area contributed by atoms with E-state index in [9.17, 15) is 18.0 Å². The van der Waals surface area contributed by atoms with E-state index in [2.05, 4.69) is 21.2 Å². The smallest absolute Gasteiger partial charge is 0.243 e. The molecule has 0 radical (unpaired) electrons. The number of nitrogens with zero attached hydrogens (tertiary/aromatic N) is 2. The van der Waals surface area contributed by atoms with Crippen molar-refractivity contribution in [3.8, 4) is 0 Å². The van der Waals surface area contributed by atoms with Crippen molar-refractivity contribution in [2.75, 3.05) is 23.7 Å². The van der Waals surface area contributed by atoms with Crippen LogP contribution in [-0.2, 0) is 32.6 Å². The highest BCUT2D eigenvalue weighted by molar-refractivity contribution is 9.10. The molecule has 0 saturated carbocycles. The molecule has 0 aliphatic heterocycles. The lowest BCUT2D eigenvalue weighted by molar-refractivity contribution is -0.141. The minimum absolute atomic E-state index is 0.0683. The van der Waals surface area contributed by atoms with E-state index >= 15 is 0 Å². The van der Waals surface area contributed by atoms with Gasteiger partial charge >= 0.3 is 0 Å².